The van der Waals surface area contributed by atoms with Crippen molar-refractivity contribution in [3.8, 4) is 11.4 Å². The first kappa shape index (κ1) is 11.1. The molecule has 0 amide bonds. The summed E-state index contributed by atoms with van der Waals surface area (Å²) in [6.45, 7) is 2.06. The third-order valence-corrected chi connectivity index (χ3v) is 3.47. The topological polar surface area (TPSA) is 42.7 Å². The number of halogens is 1. The lowest BCUT2D eigenvalue weighted by molar-refractivity contribution is 0.923. The zero-order valence-corrected chi connectivity index (χ0v) is 11.0. The Hall–Kier alpha value is -1.36. The fourth-order valence-electron chi connectivity index (χ4n) is 1.63. The van der Waals surface area contributed by atoms with E-state index in [2.05, 4.69) is 38.4 Å². The molecular formula is C11H13BrN4. The van der Waals surface area contributed by atoms with E-state index in [-0.39, 0.29) is 0 Å². The first-order chi connectivity index (χ1) is 7.65. The van der Waals surface area contributed by atoms with Crippen molar-refractivity contribution in [2.75, 3.05) is 12.4 Å². The lowest BCUT2D eigenvalue weighted by Gasteiger charge is -2.07. The molecule has 1 aromatic heterocycles. The van der Waals surface area contributed by atoms with E-state index >= 15 is 0 Å². The van der Waals surface area contributed by atoms with Gasteiger partial charge in [-0.3, -0.25) is 4.57 Å². The van der Waals surface area contributed by atoms with Gasteiger partial charge in [-0.1, -0.05) is 28.1 Å². The van der Waals surface area contributed by atoms with E-state index in [0.717, 1.165) is 21.8 Å². The quantitative estimate of drug-likeness (QED) is 0.920. The maximum Gasteiger partial charge on any atom is 0.224 e. The SMILES string of the molecule is CNc1nnc(-c2cccc(Br)c2C)n1C. The zero-order chi connectivity index (χ0) is 11.7. The summed E-state index contributed by atoms with van der Waals surface area (Å²) in [5.41, 5.74) is 2.26. The van der Waals surface area contributed by atoms with E-state index in [1.807, 2.05) is 36.9 Å². The van der Waals surface area contributed by atoms with Gasteiger partial charge < -0.3 is 5.32 Å². The molecule has 0 saturated carbocycles. The van der Waals surface area contributed by atoms with Crippen LogP contribution in [0.2, 0.25) is 0 Å². The molecule has 84 valence electrons. The van der Waals surface area contributed by atoms with Crippen LogP contribution in [0.1, 0.15) is 5.56 Å². The Morgan fingerprint density at radius 1 is 1.31 bits per heavy atom. The summed E-state index contributed by atoms with van der Waals surface area (Å²) in [5.74, 6) is 1.62. The minimum atomic E-state index is 0.759. The van der Waals surface area contributed by atoms with Crippen LogP contribution in [0.15, 0.2) is 22.7 Å². The van der Waals surface area contributed by atoms with E-state index in [1.54, 1.807) is 0 Å². The van der Waals surface area contributed by atoms with Gasteiger partial charge in [-0.25, -0.2) is 0 Å². The molecule has 0 fully saturated rings. The molecule has 1 heterocycles. The molecule has 0 aliphatic rings. The van der Waals surface area contributed by atoms with E-state index in [9.17, 15) is 0 Å². The Kier molecular flexibility index (Phi) is 2.96. The van der Waals surface area contributed by atoms with Crippen LogP contribution in [-0.2, 0) is 7.05 Å². The molecule has 1 N–H and O–H groups in total. The number of anilines is 1. The Morgan fingerprint density at radius 3 is 2.69 bits per heavy atom. The molecule has 0 radical (unpaired) electrons. The average molecular weight is 281 g/mol. The van der Waals surface area contributed by atoms with Gasteiger partial charge in [0.05, 0.1) is 0 Å². The molecule has 2 aromatic rings. The fraction of sp³-hybridized carbons (Fsp3) is 0.273. The van der Waals surface area contributed by atoms with Crippen molar-refractivity contribution in [2.45, 2.75) is 6.92 Å². The van der Waals surface area contributed by atoms with Crippen molar-refractivity contribution in [3.63, 3.8) is 0 Å². The number of hydrogen-bond acceptors (Lipinski definition) is 3. The van der Waals surface area contributed by atoms with E-state index in [4.69, 9.17) is 0 Å². The second kappa shape index (κ2) is 4.25. The molecule has 4 nitrogen and oxygen atoms in total. The smallest absolute Gasteiger partial charge is 0.224 e. The molecular weight excluding hydrogens is 268 g/mol. The van der Waals surface area contributed by atoms with E-state index in [0.29, 0.717) is 0 Å². The summed E-state index contributed by atoms with van der Waals surface area (Å²) in [4.78, 5) is 0. The normalized spacial score (nSPS) is 10.5. The minimum absolute atomic E-state index is 0.759. The van der Waals surface area contributed by atoms with Gasteiger partial charge >= 0.3 is 0 Å². The van der Waals surface area contributed by atoms with E-state index in [1.165, 1.54) is 5.56 Å². The van der Waals surface area contributed by atoms with Gasteiger partial charge in [-0.05, 0) is 18.6 Å². The number of nitrogens with one attached hydrogen (secondary N) is 1. The fourth-order valence-corrected chi connectivity index (χ4v) is 2.00. The molecule has 0 saturated heterocycles. The van der Waals surface area contributed by atoms with Crippen LogP contribution in [0, 0.1) is 6.92 Å². The number of benzene rings is 1. The monoisotopic (exact) mass is 280 g/mol. The first-order valence-corrected chi connectivity index (χ1v) is 5.77. The zero-order valence-electron chi connectivity index (χ0n) is 9.45. The van der Waals surface area contributed by atoms with Gasteiger partial charge in [0.1, 0.15) is 0 Å². The number of rotatable bonds is 2. The van der Waals surface area contributed by atoms with Crippen molar-refractivity contribution < 1.29 is 0 Å². The van der Waals surface area contributed by atoms with Crippen molar-refractivity contribution in [1.29, 1.82) is 0 Å². The second-order valence-corrected chi connectivity index (χ2v) is 4.42. The summed E-state index contributed by atoms with van der Waals surface area (Å²) in [6, 6.07) is 6.07. The van der Waals surface area contributed by atoms with Crippen molar-refractivity contribution in [2.24, 2.45) is 7.05 Å². The Morgan fingerprint density at radius 2 is 2.06 bits per heavy atom. The molecule has 0 atom stereocenters. The van der Waals surface area contributed by atoms with Gasteiger partial charge in [0.25, 0.3) is 0 Å². The predicted molar refractivity (Wildman–Crippen MR) is 68.4 cm³/mol. The molecule has 1 aromatic carbocycles. The molecule has 2 rings (SSSR count). The highest BCUT2D eigenvalue weighted by molar-refractivity contribution is 9.10. The maximum atomic E-state index is 4.19. The van der Waals surface area contributed by atoms with Crippen LogP contribution in [0.5, 0.6) is 0 Å². The molecule has 0 aliphatic carbocycles. The summed E-state index contributed by atoms with van der Waals surface area (Å²) >= 11 is 3.52. The number of nitrogens with zero attached hydrogens (tertiary/aromatic N) is 3. The van der Waals surface area contributed by atoms with Gasteiger partial charge in [-0.15, -0.1) is 10.2 Å². The predicted octanol–water partition coefficient (Wildman–Crippen LogP) is 2.59. The summed E-state index contributed by atoms with van der Waals surface area (Å²) in [6.07, 6.45) is 0. The minimum Gasteiger partial charge on any atom is -0.357 e. The van der Waals surface area contributed by atoms with Gasteiger partial charge in [0, 0.05) is 24.1 Å². The third kappa shape index (κ3) is 1.71. The highest BCUT2D eigenvalue weighted by Gasteiger charge is 2.12. The lowest BCUT2D eigenvalue weighted by Crippen LogP contribution is -2.00. The number of hydrogen-bond donors (Lipinski definition) is 1. The maximum absolute atomic E-state index is 4.19. The van der Waals surface area contributed by atoms with Gasteiger partial charge in [-0.2, -0.15) is 0 Å². The molecule has 0 aliphatic heterocycles. The third-order valence-electron chi connectivity index (χ3n) is 2.61. The van der Waals surface area contributed by atoms with Crippen LogP contribution >= 0.6 is 15.9 Å². The van der Waals surface area contributed by atoms with Crippen molar-refractivity contribution in [1.82, 2.24) is 14.8 Å². The largest absolute Gasteiger partial charge is 0.357 e. The average Bonchev–Trinajstić information content (AvgIpc) is 2.64. The van der Waals surface area contributed by atoms with Gasteiger partial charge in [0.15, 0.2) is 5.82 Å². The van der Waals surface area contributed by atoms with Crippen LogP contribution < -0.4 is 5.32 Å². The molecule has 0 unspecified atom stereocenters. The van der Waals surface area contributed by atoms with Crippen molar-refractivity contribution in [3.05, 3.63) is 28.2 Å². The molecule has 5 heteroatoms. The second-order valence-electron chi connectivity index (χ2n) is 3.57. The Bertz CT molecular complexity index is 519. The summed E-state index contributed by atoms with van der Waals surface area (Å²) < 4.78 is 3.02. The Balaban J connectivity index is 2.59. The van der Waals surface area contributed by atoms with E-state index < -0.39 is 0 Å². The molecule has 0 bridgehead atoms. The van der Waals surface area contributed by atoms with Crippen LogP contribution in [0.25, 0.3) is 11.4 Å². The highest BCUT2D eigenvalue weighted by Crippen LogP contribution is 2.27. The highest BCUT2D eigenvalue weighted by atomic mass is 79.9. The first-order valence-electron chi connectivity index (χ1n) is 4.97. The lowest BCUT2D eigenvalue weighted by atomic mass is 10.1. The standard InChI is InChI=1S/C11H13BrN4/c1-7-8(5-4-6-9(7)12)10-14-15-11(13-2)16(10)3/h4-6H,1-3H3,(H,13,15). The van der Waals surface area contributed by atoms with Crippen molar-refractivity contribution >= 4 is 21.9 Å². The Labute approximate surface area is 103 Å². The molecule has 0 spiro atoms. The van der Waals surface area contributed by atoms with Crippen LogP contribution in [-0.4, -0.2) is 21.8 Å². The number of aromatic nitrogens is 3. The summed E-state index contributed by atoms with van der Waals surface area (Å²) in [5, 5.41) is 11.3. The summed E-state index contributed by atoms with van der Waals surface area (Å²) in [7, 11) is 3.78. The van der Waals surface area contributed by atoms with Gasteiger partial charge in [0.2, 0.25) is 5.95 Å². The molecule has 16 heavy (non-hydrogen) atoms. The van der Waals surface area contributed by atoms with Crippen LogP contribution in [0.4, 0.5) is 5.95 Å². The van der Waals surface area contributed by atoms with Crippen LogP contribution in [0.3, 0.4) is 0 Å².